The van der Waals surface area contributed by atoms with Crippen molar-refractivity contribution in [1.29, 1.82) is 0 Å². The molecular formula is C15H16N2O. The van der Waals surface area contributed by atoms with Crippen LogP contribution in [0.2, 0.25) is 0 Å². The molecule has 1 fully saturated rings. The summed E-state index contributed by atoms with van der Waals surface area (Å²) in [6.45, 7) is 0. The molecule has 1 heterocycles. The lowest BCUT2D eigenvalue weighted by Gasteiger charge is -2.23. The van der Waals surface area contributed by atoms with Crippen LogP contribution in [0.1, 0.15) is 37.3 Å². The van der Waals surface area contributed by atoms with E-state index in [-0.39, 0.29) is 5.92 Å². The van der Waals surface area contributed by atoms with Crippen molar-refractivity contribution < 1.29 is 5.21 Å². The van der Waals surface area contributed by atoms with E-state index in [9.17, 15) is 0 Å². The molecule has 0 amide bonds. The van der Waals surface area contributed by atoms with Crippen molar-refractivity contribution in [3.05, 3.63) is 42.2 Å². The van der Waals surface area contributed by atoms with Crippen LogP contribution in [0, 0.1) is 0 Å². The van der Waals surface area contributed by atoms with Crippen molar-refractivity contribution in [3.63, 3.8) is 0 Å². The Morgan fingerprint density at radius 2 is 2.06 bits per heavy atom. The summed E-state index contributed by atoms with van der Waals surface area (Å²) in [5.41, 5.74) is 1.94. The largest absolute Gasteiger partial charge is 0.411 e. The molecule has 3 rings (SSSR count). The number of nitrogens with zero attached hydrogens (tertiary/aromatic N) is 2. The van der Waals surface area contributed by atoms with E-state index in [0.29, 0.717) is 0 Å². The van der Waals surface area contributed by atoms with Crippen LogP contribution in [0.3, 0.4) is 0 Å². The van der Waals surface area contributed by atoms with Gasteiger partial charge in [-0.25, -0.2) is 0 Å². The minimum Gasteiger partial charge on any atom is -0.411 e. The molecule has 0 aliphatic heterocycles. The zero-order valence-corrected chi connectivity index (χ0v) is 10.2. The Labute approximate surface area is 106 Å². The van der Waals surface area contributed by atoms with Crippen molar-refractivity contribution in [1.82, 2.24) is 4.98 Å². The van der Waals surface area contributed by atoms with E-state index in [1.165, 1.54) is 17.2 Å². The average molecular weight is 240 g/mol. The summed E-state index contributed by atoms with van der Waals surface area (Å²) in [5, 5.41) is 15.0. The van der Waals surface area contributed by atoms with Crippen LogP contribution in [0.15, 0.2) is 41.7 Å². The number of benzene rings is 1. The minimum absolute atomic E-state index is 0.176. The van der Waals surface area contributed by atoms with Crippen molar-refractivity contribution in [3.8, 4) is 0 Å². The maximum absolute atomic E-state index is 9.16. The van der Waals surface area contributed by atoms with Gasteiger partial charge < -0.3 is 5.21 Å². The second-order valence-electron chi connectivity index (χ2n) is 4.81. The number of aromatic nitrogens is 1. The van der Waals surface area contributed by atoms with E-state index >= 15 is 0 Å². The molecule has 3 heteroatoms. The molecule has 1 atom stereocenters. The fraction of sp³-hybridized carbons (Fsp3) is 0.333. The number of hydrogen-bond acceptors (Lipinski definition) is 3. The number of pyridine rings is 1. The van der Waals surface area contributed by atoms with Crippen molar-refractivity contribution in [2.24, 2.45) is 5.16 Å². The van der Waals surface area contributed by atoms with Crippen LogP contribution in [0.25, 0.3) is 10.8 Å². The van der Waals surface area contributed by atoms with Crippen LogP contribution in [0.4, 0.5) is 0 Å². The van der Waals surface area contributed by atoms with Gasteiger partial charge in [-0.1, -0.05) is 35.8 Å². The first-order valence-electron chi connectivity index (χ1n) is 6.44. The monoisotopic (exact) mass is 240 g/mol. The van der Waals surface area contributed by atoms with Gasteiger partial charge in [-0.15, -0.1) is 0 Å². The molecule has 18 heavy (non-hydrogen) atoms. The summed E-state index contributed by atoms with van der Waals surface area (Å²) in [6.07, 6.45) is 6.04. The van der Waals surface area contributed by atoms with Gasteiger partial charge in [-0.05, 0) is 30.7 Å². The summed E-state index contributed by atoms with van der Waals surface area (Å²) in [7, 11) is 0. The smallest absolute Gasteiger partial charge is 0.0661 e. The van der Waals surface area contributed by atoms with Gasteiger partial charge in [0.1, 0.15) is 0 Å². The van der Waals surface area contributed by atoms with Crippen LogP contribution < -0.4 is 0 Å². The number of hydrogen-bond donors (Lipinski definition) is 1. The summed E-state index contributed by atoms with van der Waals surface area (Å²) >= 11 is 0. The lowest BCUT2D eigenvalue weighted by molar-refractivity contribution is 0.312. The summed E-state index contributed by atoms with van der Waals surface area (Å²) in [6, 6.07) is 10.3. The summed E-state index contributed by atoms with van der Waals surface area (Å²) < 4.78 is 0. The van der Waals surface area contributed by atoms with Gasteiger partial charge >= 0.3 is 0 Å². The van der Waals surface area contributed by atoms with E-state index in [2.05, 4.69) is 22.3 Å². The molecule has 0 saturated heterocycles. The van der Waals surface area contributed by atoms with Gasteiger partial charge in [0.15, 0.2) is 0 Å². The van der Waals surface area contributed by atoms with Crippen molar-refractivity contribution in [2.45, 2.75) is 31.6 Å². The second-order valence-corrected chi connectivity index (χ2v) is 4.81. The molecule has 0 spiro atoms. The van der Waals surface area contributed by atoms with E-state index in [0.717, 1.165) is 30.7 Å². The topological polar surface area (TPSA) is 45.5 Å². The van der Waals surface area contributed by atoms with Crippen molar-refractivity contribution >= 4 is 16.5 Å². The van der Waals surface area contributed by atoms with Gasteiger partial charge in [0.2, 0.25) is 0 Å². The van der Waals surface area contributed by atoms with Crippen LogP contribution >= 0.6 is 0 Å². The molecule has 0 unspecified atom stereocenters. The third kappa shape index (κ3) is 1.86. The molecule has 1 saturated carbocycles. The van der Waals surface area contributed by atoms with Crippen molar-refractivity contribution in [2.75, 3.05) is 0 Å². The van der Waals surface area contributed by atoms with Gasteiger partial charge in [0.05, 0.1) is 11.4 Å². The van der Waals surface area contributed by atoms with Gasteiger partial charge in [-0.3, -0.25) is 4.98 Å². The maximum atomic E-state index is 9.16. The Kier molecular flexibility index (Phi) is 2.97. The lowest BCUT2D eigenvalue weighted by Crippen LogP contribution is -2.18. The quantitative estimate of drug-likeness (QED) is 0.610. The fourth-order valence-corrected chi connectivity index (χ4v) is 2.83. The number of oxime groups is 1. The Bertz CT molecular complexity index is 587. The fourth-order valence-electron chi connectivity index (χ4n) is 2.83. The molecule has 92 valence electrons. The van der Waals surface area contributed by atoms with Gasteiger partial charge in [0.25, 0.3) is 0 Å². The Morgan fingerprint density at radius 1 is 1.17 bits per heavy atom. The van der Waals surface area contributed by atoms with Gasteiger partial charge in [-0.2, -0.15) is 0 Å². The molecule has 1 aromatic heterocycles. The summed E-state index contributed by atoms with van der Waals surface area (Å²) in [5.74, 6) is 0.176. The maximum Gasteiger partial charge on any atom is 0.0661 e. The molecule has 1 N–H and O–H groups in total. The minimum atomic E-state index is 0.176. The van der Waals surface area contributed by atoms with Gasteiger partial charge in [0, 0.05) is 17.5 Å². The predicted molar refractivity (Wildman–Crippen MR) is 72.2 cm³/mol. The zero-order chi connectivity index (χ0) is 12.4. The first kappa shape index (κ1) is 11.2. The van der Waals surface area contributed by atoms with E-state index in [1.807, 2.05) is 24.4 Å². The summed E-state index contributed by atoms with van der Waals surface area (Å²) in [4.78, 5) is 4.54. The lowest BCUT2D eigenvalue weighted by atomic mass is 9.83. The Morgan fingerprint density at radius 3 is 2.94 bits per heavy atom. The molecule has 0 bridgehead atoms. The van der Waals surface area contributed by atoms with E-state index in [1.54, 1.807) is 0 Å². The highest BCUT2D eigenvalue weighted by Gasteiger charge is 2.25. The highest BCUT2D eigenvalue weighted by Crippen LogP contribution is 2.33. The highest BCUT2D eigenvalue weighted by molar-refractivity contribution is 5.95. The molecular weight excluding hydrogens is 224 g/mol. The third-order valence-corrected chi connectivity index (χ3v) is 3.74. The molecule has 1 aliphatic carbocycles. The zero-order valence-electron chi connectivity index (χ0n) is 10.2. The van der Waals surface area contributed by atoms with Crippen LogP contribution in [-0.4, -0.2) is 15.9 Å². The highest BCUT2D eigenvalue weighted by atomic mass is 16.4. The molecule has 1 aliphatic rings. The third-order valence-electron chi connectivity index (χ3n) is 3.74. The molecule has 3 nitrogen and oxygen atoms in total. The van der Waals surface area contributed by atoms with Crippen LogP contribution in [0.5, 0.6) is 0 Å². The SMILES string of the molecule is O/N=C1/CCCC[C@H]1c1nccc2ccccc12. The number of fused-ring (bicyclic) bond motifs is 1. The second kappa shape index (κ2) is 4.77. The predicted octanol–water partition coefficient (Wildman–Crippen LogP) is 3.72. The molecule has 2 aromatic rings. The van der Waals surface area contributed by atoms with E-state index < -0.39 is 0 Å². The Balaban J connectivity index is 2.13. The molecule has 1 aromatic carbocycles. The first-order chi connectivity index (χ1) is 8.90. The standard InChI is InChI=1S/C15H16N2O/c18-17-14-8-4-3-7-13(14)15-12-6-2-1-5-11(12)9-10-16-15/h1-2,5-6,9-10,13,18H,3-4,7-8H2/b17-14-/t13-/m1/s1. The van der Waals surface area contributed by atoms with Crippen LogP contribution in [-0.2, 0) is 0 Å². The molecule has 0 radical (unpaired) electrons. The average Bonchev–Trinajstić information content (AvgIpc) is 2.46. The normalized spacial score (nSPS) is 22.4. The first-order valence-corrected chi connectivity index (χ1v) is 6.44. The number of rotatable bonds is 1. The van der Waals surface area contributed by atoms with E-state index in [4.69, 9.17) is 5.21 Å². The Hall–Kier alpha value is -1.90.